The molecule has 3 rings (SSSR count). The number of hydrogen-bond acceptors (Lipinski definition) is 5. The van der Waals surface area contributed by atoms with Crippen molar-refractivity contribution in [1.29, 1.82) is 0 Å². The summed E-state index contributed by atoms with van der Waals surface area (Å²) in [7, 11) is -0.624. The van der Waals surface area contributed by atoms with Crippen molar-refractivity contribution in [2.24, 2.45) is 0 Å². The van der Waals surface area contributed by atoms with E-state index in [1.807, 2.05) is 28.8 Å². The number of amides is 1. The van der Waals surface area contributed by atoms with Crippen molar-refractivity contribution in [2.45, 2.75) is 22.2 Å². The lowest BCUT2D eigenvalue weighted by molar-refractivity contribution is -0.115. The van der Waals surface area contributed by atoms with Crippen LogP contribution in [-0.2, 0) is 14.8 Å². The first-order valence-corrected chi connectivity index (χ1v) is 10.5. The van der Waals surface area contributed by atoms with Crippen LogP contribution in [0.2, 0.25) is 0 Å². The van der Waals surface area contributed by atoms with Crippen LogP contribution in [0.4, 0.5) is 5.69 Å². The van der Waals surface area contributed by atoms with Gasteiger partial charge in [-0.2, -0.15) is 0 Å². The number of sulfonamides is 1. The van der Waals surface area contributed by atoms with E-state index in [0.717, 1.165) is 15.0 Å². The van der Waals surface area contributed by atoms with Gasteiger partial charge in [0.1, 0.15) is 0 Å². The topological polar surface area (TPSA) is 83.8 Å². The molecule has 0 saturated carbocycles. The van der Waals surface area contributed by atoms with Crippen molar-refractivity contribution < 1.29 is 13.2 Å². The van der Waals surface area contributed by atoms with Gasteiger partial charge in [0.05, 0.1) is 21.9 Å². The predicted molar refractivity (Wildman–Crippen MR) is 106 cm³/mol. The highest BCUT2D eigenvalue weighted by atomic mass is 32.2. The van der Waals surface area contributed by atoms with Crippen LogP contribution >= 0.6 is 11.8 Å². The van der Waals surface area contributed by atoms with E-state index in [4.69, 9.17) is 0 Å². The number of carbonyl (C=O) groups is 1. The fourth-order valence-electron chi connectivity index (χ4n) is 2.41. The first-order chi connectivity index (χ1) is 12.8. The van der Waals surface area contributed by atoms with Crippen LogP contribution in [0, 0.1) is 0 Å². The second-order valence-corrected chi connectivity index (χ2v) is 9.56. The molecule has 3 aromatic rings. The van der Waals surface area contributed by atoms with Gasteiger partial charge in [-0.05, 0) is 37.3 Å². The average molecular weight is 405 g/mol. The van der Waals surface area contributed by atoms with Crippen molar-refractivity contribution in [1.82, 2.24) is 13.7 Å². The van der Waals surface area contributed by atoms with E-state index in [1.165, 1.54) is 38.0 Å². The number of thioether (sulfide) groups is 1. The standard InChI is InChI=1S/C18H20N4O3S2/c1-13(26-18-19-12-15-8-4-5-10-22(15)18)17(23)20-14-7-6-9-16(11-14)27(24,25)21(2)3/h4-13H,1-3H3,(H,20,23). The number of nitrogens with zero attached hydrogens (tertiary/aromatic N) is 3. The molecule has 1 aromatic carbocycles. The number of aromatic nitrogens is 2. The minimum absolute atomic E-state index is 0.129. The lowest BCUT2D eigenvalue weighted by Gasteiger charge is -2.14. The molecule has 0 radical (unpaired) electrons. The van der Waals surface area contributed by atoms with Crippen LogP contribution in [0.15, 0.2) is 64.9 Å². The highest BCUT2D eigenvalue weighted by Crippen LogP contribution is 2.25. The first-order valence-electron chi connectivity index (χ1n) is 8.21. The summed E-state index contributed by atoms with van der Waals surface area (Å²) in [5.41, 5.74) is 1.39. The molecule has 0 fully saturated rings. The Morgan fingerprint density at radius 2 is 2.00 bits per heavy atom. The molecule has 1 unspecified atom stereocenters. The van der Waals surface area contributed by atoms with E-state index in [-0.39, 0.29) is 10.8 Å². The van der Waals surface area contributed by atoms with E-state index >= 15 is 0 Å². The van der Waals surface area contributed by atoms with Gasteiger partial charge in [0, 0.05) is 26.0 Å². The minimum atomic E-state index is -3.56. The van der Waals surface area contributed by atoms with Crippen LogP contribution < -0.4 is 5.32 Å². The number of rotatable bonds is 6. The molecule has 27 heavy (non-hydrogen) atoms. The lowest BCUT2D eigenvalue weighted by Crippen LogP contribution is -2.24. The molecule has 9 heteroatoms. The number of nitrogens with one attached hydrogen (secondary N) is 1. The molecule has 1 N–H and O–H groups in total. The van der Waals surface area contributed by atoms with Gasteiger partial charge in [0.25, 0.3) is 0 Å². The molecule has 0 saturated heterocycles. The van der Waals surface area contributed by atoms with Gasteiger partial charge in [-0.1, -0.05) is 23.9 Å². The molecule has 142 valence electrons. The summed E-state index contributed by atoms with van der Waals surface area (Å²) >= 11 is 1.34. The molecule has 2 aromatic heterocycles. The van der Waals surface area contributed by atoms with Gasteiger partial charge in [-0.3, -0.25) is 9.20 Å². The van der Waals surface area contributed by atoms with Crippen LogP contribution in [0.3, 0.4) is 0 Å². The molecule has 1 atom stereocenters. The molecule has 0 bridgehead atoms. The van der Waals surface area contributed by atoms with Crippen LogP contribution in [0.1, 0.15) is 6.92 Å². The molecule has 0 aliphatic heterocycles. The summed E-state index contributed by atoms with van der Waals surface area (Å²) in [6.45, 7) is 1.78. The van der Waals surface area contributed by atoms with Crippen LogP contribution in [0.25, 0.3) is 5.52 Å². The molecule has 0 aliphatic rings. The molecule has 2 heterocycles. The van der Waals surface area contributed by atoms with Gasteiger partial charge in [-0.15, -0.1) is 0 Å². The predicted octanol–water partition coefficient (Wildman–Crippen LogP) is 2.70. The summed E-state index contributed by atoms with van der Waals surface area (Å²) < 4.78 is 27.5. The SMILES string of the molecule is CC(Sc1ncc2ccccn12)C(=O)Nc1cccc(S(=O)(=O)N(C)C)c1. The highest BCUT2D eigenvalue weighted by Gasteiger charge is 2.20. The third-order valence-corrected chi connectivity index (χ3v) is 6.83. The number of pyridine rings is 1. The van der Waals surface area contributed by atoms with Gasteiger partial charge < -0.3 is 5.32 Å². The van der Waals surface area contributed by atoms with E-state index in [2.05, 4.69) is 10.3 Å². The van der Waals surface area contributed by atoms with E-state index < -0.39 is 15.3 Å². The molecule has 1 amide bonds. The van der Waals surface area contributed by atoms with Gasteiger partial charge in [-0.25, -0.2) is 17.7 Å². The normalized spacial score (nSPS) is 13.0. The summed E-state index contributed by atoms with van der Waals surface area (Å²) in [5, 5.41) is 3.08. The first kappa shape index (κ1) is 19.4. The fraction of sp³-hybridized carbons (Fsp3) is 0.222. The number of benzene rings is 1. The average Bonchev–Trinajstić information content (AvgIpc) is 3.05. The number of carbonyl (C=O) groups excluding carboxylic acids is 1. The van der Waals surface area contributed by atoms with Crippen molar-refractivity contribution in [2.75, 3.05) is 19.4 Å². The Labute approximate surface area is 162 Å². The number of hydrogen-bond donors (Lipinski definition) is 1. The Morgan fingerprint density at radius 1 is 1.22 bits per heavy atom. The van der Waals surface area contributed by atoms with Crippen LogP contribution in [0.5, 0.6) is 0 Å². The second kappa shape index (κ2) is 7.71. The minimum Gasteiger partial charge on any atom is -0.325 e. The second-order valence-electron chi connectivity index (χ2n) is 6.10. The summed E-state index contributed by atoms with van der Waals surface area (Å²) in [4.78, 5) is 17.0. The molecular weight excluding hydrogens is 384 g/mol. The Kier molecular flexibility index (Phi) is 5.54. The van der Waals surface area contributed by atoms with E-state index in [9.17, 15) is 13.2 Å². The smallest absolute Gasteiger partial charge is 0.242 e. The maximum absolute atomic E-state index is 12.5. The van der Waals surface area contributed by atoms with Crippen molar-refractivity contribution in [3.8, 4) is 0 Å². The monoisotopic (exact) mass is 404 g/mol. The molecule has 0 aliphatic carbocycles. The summed E-state index contributed by atoms with van der Waals surface area (Å²) in [5.74, 6) is -0.230. The Hall–Kier alpha value is -2.36. The number of anilines is 1. The summed E-state index contributed by atoms with van der Waals surface area (Å²) in [6, 6.07) is 12.0. The quantitative estimate of drug-likeness (QED) is 0.639. The van der Waals surface area contributed by atoms with Gasteiger partial charge >= 0.3 is 0 Å². The summed E-state index contributed by atoms with van der Waals surface area (Å²) in [6.07, 6.45) is 3.65. The van der Waals surface area contributed by atoms with Gasteiger partial charge in [0.2, 0.25) is 15.9 Å². The van der Waals surface area contributed by atoms with Crippen molar-refractivity contribution in [3.05, 3.63) is 54.9 Å². The zero-order chi connectivity index (χ0) is 19.6. The molecular formula is C18H20N4O3S2. The number of fused-ring (bicyclic) bond motifs is 1. The highest BCUT2D eigenvalue weighted by molar-refractivity contribution is 8.00. The van der Waals surface area contributed by atoms with E-state index in [1.54, 1.807) is 25.3 Å². The number of imidazole rings is 1. The maximum atomic E-state index is 12.5. The van der Waals surface area contributed by atoms with Gasteiger partial charge in [0.15, 0.2) is 5.16 Å². The van der Waals surface area contributed by atoms with Crippen molar-refractivity contribution >= 4 is 38.9 Å². The maximum Gasteiger partial charge on any atom is 0.242 e. The van der Waals surface area contributed by atoms with Crippen molar-refractivity contribution in [3.63, 3.8) is 0 Å². The largest absolute Gasteiger partial charge is 0.325 e. The molecule has 0 spiro atoms. The Balaban J connectivity index is 1.73. The third-order valence-electron chi connectivity index (χ3n) is 3.94. The van der Waals surface area contributed by atoms with E-state index in [0.29, 0.717) is 5.69 Å². The molecule has 7 nitrogen and oxygen atoms in total. The zero-order valence-corrected chi connectivity index (χ0v) is 16.8. The Bertz CT molecular complexity index is 1080. The Morgan fingerprint density at radius 3 is 2.74 bits per heavy atom. The lowest BCUT2D eigenvalue weighted by atomic mass is 10.3. The fourth-order valence-corrected chi connectivity index (χ4v) is 4.23. The zero-order valence-electron chi connectivity index (χ0n) is 15.2. The van der Waals surface area contributed by atoms with Crippen LogP contribution in [-0.4, -0.2) is 47.4 Å². The third kappa shape index (κ3) is 4.15.